The number of anilines is 1. The molecule has 0 radical (unpaired) electrons. The van der Waals surface area contributed by atoms with E-state index >= 15 is 0 Å². The number of oxazole rings is 2. The average Bonchev–Trinajstić information content (AvgIpc) is 1.35. The molecular weight excluding hydrogens is 2250 g/mol. The number of ether oxygens (including phenoxy) is 2. The minimum Gasteiger partial charge on any atom is -0.428 e. The molecule has 2 aliphatic heterocycles. The summed E-state index contributed by atoms with van der Waals surface area (Å²) < 4.78 is 21.4. The van der Waals surface area contributed by atoms with Crippen LogP contribution in [0.1, 0.15) is 13.8 Å². The zero-order valence-electron chi connectivity index (χ0n) is 48.3. The summed E-state index contributed by atoms with van der Waals surface area (Å²) >= 11 is 17.1. The first-order valence-corrected chi connectivity index (χ1v) is 127. The fourth-order valence-corrected chi connectivity index (χ4v) is 799. The fraction of sp³-hybridized carbons (Fsp3) is 0.417. The molecule has 34 atom stereocenters. The van der Waals surface area contributed by atoms with Gasteiger partial charge < -0.3 is 28.5 Å². The van der Waals surface area contributed by atoms with Crippen LogP contribution in [0.25, 0.3) is 22.2 Å². The molecule has 2 aliphatic rings. The number of benzene rings is 2. The van der Waals surface area contributed by atoms with Crippen molar-refractivity contribution in [3.63, 3.8) is 0 Å². The molecule has 67 heteroatoms. The molecule has 4 aromatic rings. The molecule has 2 fully saturated rings. The topological polar surface area (TPSA) is 85.8 Å². The lowest BCUT2D eigenvalue weighted by atomic mass is 10.3. The van der Waals surface area contributed by atoms with Crippen molar-refractivity contribution in [2.75, 3.05) is 44.3 Å². The molecule has 2 aromatic carbocycles. The van der Waals surface area contributed by atoms with Crippen LogP contribution in [0.3, 0.4) is 0 Å². The number of nitrogens with one attached hydrogen (secondary N) is 1. The zero-order valence-corrected chi connectivity index (χ0v) is 108. The van der Waals surface area contributed by atoms with Crippen molar-refractivity contribution in [1.82, 2.24) is 15.3 Å². The van der Waals surface area contributed by atoms with Gasteiger partial charge in [-0.2, -0.15) is 9.97 Å². The first-order chi connectivity index (χ1) is 42.3. The first-order valence-electron chi connectivity index (χ1n) is 24.0. The average molecular weight is 2330 g/mol. The van der Waals surface area contributed by atoms with Gasteiger partial charge in [-0.1, -0.05) is 23.2 Å². The van der Waals surface area contributed by atoms with E-state index in [2.05, 4.69) is 286 Å². The van der Waals surface area contributed by atoms with Gasteiger partial charge in [0.05, 0.1) is 25.4 Å². The predicted octanol–water partition coefficient (Wildman–Crippen LogP) is 38.5. The number of rotatable bonds is 27. The summed E-state index contributed by atoms with van der Waals surface area (Å²) in [6.45, 7) is 3.81. The van der Waals surface area contributed by atoms with Crippen LogP contribution in [0.5, 0.6) is 0 Å². The third-order valence-corrected chi connectivity index (χ3v) is 400. The molecule has 0 amide bonds. The zero-order chi connectivity index (χ0) is 69.4. The maximum Gasteiger partial charge on any atom is 0.298 e. The molecule has 2 saturated heterocycles. The largest absolute Gasteiger partial charge is 0.428 e. The van der Waals surface area contributed by atoms with Gasteiger partial charge in [-0.15, -0.1) is 259 Å². The minimum absolute atomic E-state index is 0.141. The van der Waals surface area contributed by atoms with Crippen LogP contribution in [0, 0.1) is 0 Å². The minimum atomic E-state index is -0.255. The highest BCUT2D eigenvalue weighted by Gasteiger charge is 2.60. The Bertz CT molecular complexity index is 2530. The van der Waals surface area contributed by atoms with Crippen molar-refractivity contribution in [1.29, 1.82) is 0 Å². The lowest BCUT2D eigenvalue weighted by molar-refractivity contribution is 0.0410. The van der Waals surface area contributed by atoms with Crippen molar-refractivity contribution in [3.8, 4) is 0 Å². The molecule has 0 bridgehead atoms. The van der Waals surface area contributed by atoms with Gasteiger partial charge in [0, 0.05) is 36.2 Å². The monoisotopic (exact) mass is 2330 g/mol. The normalized spacial score (nSPS) is 17.6. The van der Waals surface area contributed by atoms with Gasteiger partial charge in [-0.25, -0.2) is 0 Å². The van der Waals surface area contributed by atoms with Gasteiger partial charge in [0.2, 0.25) is 0 Å². The van der Waals surface area contributed by atoms with Crippen LogP contribution < -0.4 is 10.2 Å². The highest BCUT2D eigenvalue weighted by atomic mass is 35.5. The third kappa shape index (κ3) is 37.5. The van der Waals surface area contributed by atoms with Crippen molar-refractivity contribution in [3.05, 3.63) is 51.8 Å². The van der Waals surface area contributed by atoms with Crippen LogP contribution in [0.15, 0.2) is 45.2 Å². The Kier molecular flexibility index (Phi) is 67.7. The number of halogens is 3. The second kappa shape index (κ2) is 57.4. The summed E-state index contributed by atoms with van der Waals surface area (Å²) in [4.78, 5) is 10.4. The molecule has 526 valence electrons. The number of hydrogen-bond donors (Lipinski definition) is 1. The predicted molar refractivity (Wildman–Crippen MR) is 607 cm³/mol. The van der Waals surface area contributed by atoms with Gasteiger partial charge in [0.25, 0.3) is 11.4 Å². The second-order valence-electron chi connectivity index (χ2n) is 17.1. The molecular formula is C24H85Cl3N4O4P56. The van der Waals surface area contributed by atoms with Crippen molar-refractivity contribution in [2.24, 2.45) is 0 Å². The van der Waals surface area contributed by atoms with Gasteiger partial charge in [-0.05, 0) is 251 Å². The third-order valence-electron chi connectivity index (χ3n) is 10.2. The van der Waals surface area contributed by atoms with E-state index in [0.29, 0.717) is 39.9 Å². The number of aromatic nitrogens is 2. The van der Waals surface area contributed by atoms with Crippen molar-refractivity contribution >= 4 is 511 Å². The Morgan fingerprint density at radius 3 is 1.01 bits per heavy atom. The van der Waals surface area contributed by atoms with E-state index < -0.39 is 0 Å². The molecule has 0 saturated carbocycles. The number of nitrogens with zero attached hydrogens (tertiary/aromatic N) is 3. The number of hydrogen-bond acceptors (Lipinski definition) is 8. The van der Waals surface area contributed by atoms with E-state index in [1.54, 1.807) is 24.3 Å². The second-order valence-corrected chi connectivity index (χ2v) is 249. The Labute approximate surface area is 657 Å². The summed E-state index contributed by atoms with van der Waals surface area (Å²) in [5, 5.41) is 4.65. The summed E-state index contributed by atoms with van der Waals surface area (Å²) in [7, 11) is 102. The van der Waals surface area contributed by atoms with E-state index in [1.165, 1.54) is 0 Å². The van der Waals surface area contributed by atoms with E-state index in [1.807, 2.05) is 19.1 Å². The standard InChI is InChI=1S/C12H13ClN2O2.C7H3Cl2NO.C5H11NO.H58P56/c1-8-7-15(4-5-16-8)12-14-10-6-9(13)2-3-11(10)17-12;8-4-1-2-6-5(3-4)10-7(9)11-6;1-5-4-6-2-3-7-5;1-30(2)44(29)51(43(27)28)55(52(45(31(3)4)32(5)6)46(33(7)8)34(9)10)56(53(47(35(11)12)36(13)14)48(37(15)16)38(17)18)54(49(39(19)20)40(21)22)50(41(23)24)42(25)26/h2-3,6,8H,4-5,7H2,1H3;1-3H;5-6H,2-4H2,1H3;1-29H2/t8-;;5-;/m1.1./s1. The van der Waals surface area contributed by atoms with Gasteiger partial charge in [-0.3, -0.25) is 0 Å². The van der Waals surface area contributed by atoms with Gasteiger partial charge >= 0.3 is 0 Å². The van der Waals surface area contributed by atoms with Crippen LogP contribution >= 0.6 is 482 Å². The molecule has 32 unspecified atom stereocenters. The fourth-order valence-electron chi connectivity index (χ4n) is 6.85. The van der Waals surface area contributed by atoms with Crippen LogP contribution in [-0.4, -0.2) is 61.6 Å². The Morgan fingerprint density at radius 2 is 0.714 bits per heavy atom. The molecule has 8 nitrogen and oxygen atoms in total. The maximum absolute atomic E-state index is 5.92. The van der Waals surface area contributed by atoms with Crippen LogP contribution in [0.4, 0.5) is 6.01 Å². The highest BCUT2D eigenvalue weighted by Crippen LogP contribution is 3.47. The van der Waals surface area contributed by atoms with E-state index in [-0.39, 0.29) is 200 Å². The van der Waals surface area contributed by atoms with Crippen molar-refractivity contribution < 1.29 is 18.3 Å². The highest BCUT2D eigenvalue weighted by molar-refractivity contribution is 9.53. The summed E-state index contributed by atoms with van der Waals surface area (Å²) in [5.74, 6) is 0. The summed E-state index contributed by atoms with van der Waals surface area (Å²) in [6, 6.07) is 11.3. The van der Waals surface area contributed by atoms with E-state index in [9.17, 15) is 0 Å². The maximum atomic E-state index is 5.92. The summed E-state index contributed by atoms with van der Waals surface area (Å²) in [5.41, 5.74) is 2.90. The van der Waals surface area contributed by atoms with E-state index in [0.717, 1.165) is 43.9 Å². The lowest BCUT2D eigenvalue weighted by Crippen LogP contribution is -2.41. The number of fused-ring (bicyclic) bond motifs is 2. The Hall–Kier alpha value is 22.0. The molecule has 91 heavy (non-hydrogen) atoms. The SMILES string of the molecule is C[C@@H]1CN(c2nc3cc(Cl)ccc3o2)CCO1.C[C@@H]1CNCCO1.Clc1ccc2oc(Cl)nc2c1.PP(P)P(P)P(P(P)P)P(P(P(P(P)P)P(P)P)P(P(P)P)P(P)P)P(P(P(P(P)P)P(P)P)P(P(P)P)P(P)P)P(P(P(P)P)P(P)P)P(P(P)P)P(P)P. The molecule has 1 N–H and O–H groups in total. The Balaban J connectivity index is 0.000000479. The molecule has 4 heterocycles. The van der Waals surface area contributed by atoms with Crippen molar-refractivity contribution in [2.45, 2.75) is 26.1 Å². The Morgan fingerprint density at radius 1 is 0.396 bits per heavy atom. The van der Waals surface area contributed by atoms with E-state index in [4.69, 9.17) is 53.1 Å². The first kappa shape index (κ1) is 107. The van der Waals surface area contributed by atoms with Crippen LogP contribution in [-0.2, 0) is 9.47 Å². The molecule has 2 aromatic heterocycles. The summed E-state index contributed by atoms with van der Waals surface area (Å²) in [6.07, 6.45) is 0.635. The quantitative estimate of drug-likeness (QED) is 0.0591. The lowest BCUT2D eigenvalue weighted by Gasteiger charge is -2.59. The molecule has 0 aliphatic carbocycles. The number of morpholine rings is 2. The van der Waals surface area contributed by atoms with Gasteiger partial charge in [0.15, 0.2) is 11.2 Å². The van der Waals surface area contributed by atoms with Crippen LogP contribution in [0.2, 0.25) is 15.4 Å². The smallest absolute Gasteiger partial charge is 0.298 e. The molecule has 0 spiro atoms. The van der Waals surface area contributed by atoms with Gasteiger partial charge in [0.1, 0.15) is 11.0 Å². The molecule has 6 rings (SSSR count).